The van der Waals surface area contributed by atoms with Crippen LogP contribution in [0.5, 0.6) is 0 Å². The van der Waals surface area contributed by atoms with Crippen molar-refractivity contribution in [3.05, 3.63) is 58.9 Å². The molecule has 1 heterocycles. The normalized spacial score (nSPS) is 15.3. The highest BCUT2D eigenvalue weighted by atomic mass is 32.1. The minimum absolute atomic E-state index is 0.101. The van der Waals surface area contributed by atoms with Crippen molar-refractivity contribution in [3.63, 3.8) is 0 Å². The van der Waals surface area contributed by atoms with Crippen LogP contribution in [0.3, 0.4) is 0 Å². The molecule has 1 fully saturated rings. The molecule has 2 N–H and O–H groups in total. The Morgan fingerprint density at radius 1 is 1.27 bits per heavy atom. The first kappa shape index (κ1) is 21.3. The number of benzene rings is 2. The maximum atomic E-state index is 14.5. The summed E-state index contributed by atoms with van der Waals surface area (Å²) < 4.78 is 27.9. The van der Waals surface area contributed by atoms with Crippen LogP contribution < -0.4 is 15.1 Å². The predicted molar refractivity (Wildman–Crippen MR) is 115 cm³/mol. The Kier molecular flexibility index (Phi) is 5.55. The molecule has 2 aromatic carbocycles. The summed E-state index contributed by atoms with van der Waals surface area (Å²) in [6, 6.07) is 10.6. The average Bonchev–Trinajstić information content (AvgIpc) is 2.90. The van der Waals surface area contributed by atoms with Crippen molar-refractivity contribution in [3.8, 4) is 6.07 Å². The molecule has 0 unspecified atom stereocenters. The van der Waals surface area contributed by atoms with E-state index in [-0.39, 0.29) is 27.6 Å². The highest BCUT2D eigenvalue weighted by Crippen LogP contribution is 2.37. The first-order chi connectivity index (χ1) is 14.2. The topological polar surface area (TPSA) is 83.2 Å². The molecule has 0 radical (unpaired) electrons. The van der Waals surface area contributed by atoms with Gasteiger partial charge in [-0.15, -0.1) is 0 Å². The third-order valence-electron chi connectivity index (χ3n) is 5.04. The van der Waals surface area contributed by atoms with Crippen molar-refractivity contribution in [1.29, 1.82) is 10.7 Å². The average molecular weight is 427 g/mol. The van der Waals surface area contributed by atoms with E-state index in [0.29, 0.717) is 11.4 Å². The minimum Gasteiger partial charge on any atom is -0.355 e. The molecule has 9 heteroatoms. The monoisotopic (exact) mass is 427 g/mol. The quantitative estimate of drug-likeness (QED) is 0.724. The number of nitrogens with zero attached hydrogens (tertiary/aromatic N) is 3. The van der Waals surface area contributed by atoms with Gasteiger partial charge in [0.2, 0.25) is 0 Å². The number of thiocarbonyl (C=S) groups is 1. The molecule has 0 aliphatic carbocycles. The number of halogens is 2. The second-order valence-electron chi connectivity index (χ2n) is 7.19. The van der Waals surface area contributed by atoms with Gasteiger partial charge in [-0.05, 0) is 62.5 Å². The Hall–Kier alpha value is -3.38. The summed E-state index contributed by atoms with van der Waals surface area (Å²) in [7, 11) is 1.41. The molecule has 0 spiro atoms. The molecule has 30 heavy (non-hydrogen) atoms. The van der Waals surface area contributed by atoms with Gasteiger partial charge in [0.25, 0.3) is 5.91 Å². The largest absolute Gasteiger partial charge is 0.355 e. The lowest BCUT2D eigenvalue weighted by atomic mass is 10.0. The molecule has 1 amide bonds. The lowest BCUT2D eigenvalue weighted by Crippen LogP contribution is -2.44. The zero-order chi connectivity index (χ0) is 22.2. The molecular formula is C21H19F2N5OS. The van der Waals surface area contributed by atoms with Gasteiger partial charge in [0.1, 0.15) is 18.3 Å². The van der Waals surface area contributed by atoms with E-state index in [0.717, 1.165) is 0 Å². The molecule has 6 nitrogen and oxygen atoms in total. The number of amides is 1. The van der Waals surface area contributed by atoms with Gasteiger partial charge in [0.05, 0.1) is 28.4 Å². The van der Waals surface area contributed by atoms with Gasteiger partial charge < -0.3 is 10.2 Å². The van der Waals surface area contributed by atoms with E-state index in [1.54, 1.807) is 30.9 Å². The van der Waals surface area contributed by atoms with Crippen LogP contribution >= 0.6 is 12.2 Å². The molecule has 3 rings (SSSR count). The number of anilines is 2. The van der Waals surface area contributed by atoms with E-state index in [1.165, 1.54) is 36.2 Å². The number of rotatable bonds is 4. The van der Waals surface area contributed by atoms with Crippen molar-refractivity contribution >= 4 is 40.4 Å². The molecule has 0 bridgehead atoms. The number of hydrogen-bond acceptors (Lipinski definition) is 4. The summed E-state index contributed by atoms with van der Waals surface area (Å²) in [4.78, 5) is 14.8. The molecule has 0 atom stereocenters. The smallest absolute Gasteiger partial charge is 0.253 e. The van der Waals surface area contributed by atoms with Crippen molar-refractivity contribution in [2.75, 3.05) is 16.8 Å². The van der Waals surface area contributed by atoms with E-state index in [1.807, 2.05) is 6.07 Å². The summed E-state index contributed by atoms with van der Waals surface area (Å²) in [6.07, 6.45) is 0. The van der Waals surface area contributed by atoms with Crippen molar-refractivity contribution in [1.82, 2.24) is 5.32 Å². The van der Waals surface area contributed by atoms with Crippen LogP contribution in [0, 0.1) is 22.6 Å². The number of amidine groups is 1. The zero-order valence-electron chi connectivity index (χ0n) is 16.6. The van der Waals surface area contributed by atoms with Crippen LogP contribution in [0.1, 0.15) is 35.3 Å². The first-order valence-electron chi connectivity index (χ1n) is 9.01. The Morgan fingerprint density at radius 2 is 1.93 bits per heavy atom. The van der Waals surface area contributed by atoms with Crippen LogP contribution in [0.15, 0.2) is 36.4 Å². The Morgan fingerprint density at radius 3 is 2.50 bits per heavy atom. The fourth-order valence-corrected chi connectivity index (χ4v) is 3.92. The second kappa shape index (κ2) is 7.80. The van der Waals surface area contributed by atoms with Crippen molar-refractivity contribution in [2.45, 2.75) is 26.1 Å². The number of carbonyl (C=O) groups excluding carboxylic acids is 1. The molecule has 1 saturated heterocycles. The predicted octanol–water partition coefficient (Wildman–Crippen LogP) is 3.89. The third kappa shape index (κ3) is 3.29. The number of hydrogen-bond donors (Lipinski definition) is 2. The second-order valence-corrected chi connectivity index (χ2v) is 7.56. The van der Waals surface area contributed by atoms with Gasteiger partial charge in [-0.2, -0.15) is 5.26 Å². The van der Waals surface area contributed by atoms with Gasteiger partial charge in [-0.1, -0.05) is 0 Å². The molecule has 2 aromatic rings. The lowest BCUT2D eigenvalue weighted by molar-refractivity contribution is 0.0959. The Balaban J connectivity index is 2.06. The first-order valence-corrected chi connectivity index (χ1v) is 9.42. The molecule has 154 valence electrons. The van der Waals surface area contributed by atoms with Crippen molar-refractivity contribution in [2.24, 2.45) is 0 Å². The van der Waals surface area contributed by atoms with E-state index in [2.05, 4.69) is 5.32 Å². The Bertz CT molecular complexity index is 1110. The van der Waals surface area contributed by atoms with Gasteiger partial charge in [0, 0.05) is 18.3 Å². The number of alkyl halides is 1. The lowest BCUT2D eigenvalue weighted by Gasteiger charge is -2.30. The number of carbonyl (C=O) groups is 1. The van der Waals surface area contributed by atoms with E-state index in [9.17, 15) is 13.6 Å². The van der Waals surface area contributed by atoms with Gasteiger partial charge >= 0.3 is 0 Å². The van der Waals surface area contributed by atoms with Crippen LogP contribution in [0.2, 0.25) is 0 Å². The summed E-state index contributed by atoms with van der Waals surface area (Å²) in [5, 5.41) is 20.4. The maximum Gasteiger partial charge on any atom is 0.253 e. The highest BCUT2D eigenvalue weighted by Gasteiger charge is 2.47. The van der Waals surface area contributed by atoms with Crippen LogP contribution in [0.25, 0.3) is 0 Å². The summed E-state index contributed by atoms with van der Waals surface area (Å²) in [5.74, 6) is -1.15. The van der Waals surface area contributed by atoms with Crippen LogP contribution in [-0.4, -0.2) is 29.4 Å². The molecule has 0 saturated carbocycles. The van der Waals surface area contributed by atoms with Crippen LogP contribution in [-0.2, 0) is 6.67 Å². The van der Waals surface area contributed by atoms with Crippen LogP contribution in [0.4, 0.5) is 20.2 Å². The maximum absolute atomic E-state index is 14.5. The number of nitriles is 1. The summed E-state index contributed by atoms with van der Waals surface area (Å²) in [6.45, 7) is 2.68. The molecular weight excluding hydrogens is 408 g/mol. The third-order valence-corrected chi connectivity index (χ3v) is 5.40. The van der Waals surface area contributed by atoms with E-state index < -0.39 is 23.9 Å². The highest BCUT2D eigenvalue weighted by molar-refractivity contribution is 7.81. The SMILES string of the molecule is CNC(=O)c1ccc(N2C(=S)N(c3ccc(C#N)c(CF)c3)C(=N)C2(C)C)cc1F. The standard InChI is InChI=1S/C21H19F2N5OS/c1-21(2)19(25)27(14-5-4-12(11-24)13(8-14)10-22)20(30)28(21)15-6-7-16(17(23)9-15)18(29)26-3/h4-9,25H,10H2,1-3H3,(H,26,29). The summed E-state index contributed by atoms with van der Waals surface area (Å²) >= 11 is 5.59. The molecule has 0 aromatic heterocycles. The van der Waals surface area contributed by atoms with Gasteiger partial charge in [-0.25, -0.2) is 8.78 Å². The van der Waals surface area contributed by atoms with Crippen molar-refractivity contribution < 1.29 is 13.6 Å². The van der Waals surface area contributed by atoms with E-state index >= 15 is 0 Å². The molecule has 1 aliphatic rings. The van der Waals surface area contributed by atoms with Gasteiger partial charge in [-0.3, -0.25) is 15.1 Å². The zero-order valence-corrected chi connectivity index (χ0v) is 17.4. The Labute approximate surface area is 178 Å². The number of nitrogens with one attached hydrogen (secondary N) is 2. The van der Waals surface area contributed by atoms with E-state index in [4.69, 9.17) is 22.9 Å². The fraction of sp³-hybridized carbons (Fsp3) is 0.238. The fourth-order valence-electron chi connectivity index (χ4n) is 3.39. The summed E-state index contributed by atoms with van der Waals surface area (Å²) in [5.41, 5.74) is 0.179. The van der Waals surface area contributed by atoms with Gasteiger partial charge in [0.15, 0.2) is 5.11 Å². The molecule has 1 aliphatic heterocycles. The minimum atomic E-state index is -0.943.